The number of Topliss-reactive ketones (excluding diaryl/α,β-unsaturated/α-hetero) is 1. The van der Waals surface area contributed by atoms with Gasteiger partial charge in [-0.2, -0.15) is 0 Å². The van der Waals surface area contributed by atoms with Crippen molar-refractivity contribution in [2.75, 3.05) is 0 Å². The number of carbonyl (C=O) groups excluding carboxylic acids is 1. The summed E-state index contributed by atoms with van der Waals surface area (Å²) in [6.07, 6.45) is 2.63. The average Bonchev–Trinajstić information content (AvgIpc) is 2.83. The van der Waals surface area contributed by atoms with Crippen LogP contribution in [0.2, 0.25) is 0 Å². The van der Waals surface area contributed by atoms with E-state index in [1.54, 1.807) is 11.3 Å². The summed E-state index contributed by atoms with van der Waals surface area (Å²) >= 11 is 5.09. The van der Waals surface area contributed by atoms with Crippen molar-refractivity contribution in [3.05, 3.63) is 50.1 Å². The minimum Gasteiger partial charge on any atom is -0.488 e. The van der Waals surface area contributed by atoms with Crippen LogP contribution in [0.1, 0.15) is 33.6 Å². The maximum Gasteiger partial charge on any atom is 0.163 e. The Hall–Kier alpha value is -1.13. The Morgan fingerprint density at radius 1 is 1.26 bits per heavy atom. The Labute approximate surface area is 124 Å². The van der Waals surface area contributed by atoms with Gasteiger partial charge < -0.3 is 4.74 Å². The lowest BCUT2D eigenvalue weighted by molar-refractivity contribution is 0.0972. The van der Waals surface area contributed by atoms with E-state index < -0.39 is 0 Å². The van der Waals surface area contributed by atoms with E-state index in [1.807, 2.05) is 29.6 Å². The van der Waals surface area contributed by atoms with Crippen LogP contribution in [0.4, 0.5) is 0 Å². The molecular formula is C15H13BrO2S. The van der Waals surface area contributed by atoms with Crippen molar-refractivity contribution in [3.63, 3.8) is 0 Å². The van der Waals surface area contributed by atoms with Gasteiger partial charge in [-0.3, -0.25) is 4.79 Å². The fraction of sp³-hybridized carbons (Fsp3) is 0.267. The first kappa shape index (κ1) is 12.9. The molecule has 1 aromatic heterocycles. The van der Waals surface area contributed by atoms with Crippen molar-refractivity contribution in [2.24, 2.45) is 0 Å². The van der Waals surface area contributed by atoms with Gasteiger partial charge >= 0.3 is 0 Å². The van der Waals surface area contributed by atoms with E-state index >= 15 is 0 Å². The number of fused-ring (bicyclic) bond motifs is 1. The molecule has 0 saturated carbocycles. The molecule has 19 heavy (non-hydrogen) atoms. The fourth-order valence-electron chi connectivity index (χ4n) is 2.28. The lowest BCUT2D eigenvalue weighted by Gasteiger charge is -2.15. The summed E-state index contributed by atoms with van der Waals surface area (Å²) in [5.41, 5.74) is 2.00. The summed E-state index contributed by atoms with van der Waals surface area (Å²) in [6, 6.07) is 7.92. The molecule has 0 radical (unpaired) electrons. The normalized spacial score (nSPS) is 14.3. The number of ether oxygens (including phenoxy) is 1. The van der Waals surface area contributed by atoms with Gasteiger partial charge in [-0.05, 0) is 52.5 Å². The van der Waals surface area contributed by atoms with Crippen LogP contribution in [0, 0.1) is 0 Å². The van der Waals surface area contributed by atoms with Gasteiger partial charge in [0, 0.05) is 26.7 Å². The number of halogens is 1. The summed E-state index contributed by atoms with van der Waals surface area (Å²) in [5, 5.41) is 2.04. The SMILES string of the molecule is O=C1CCCc2ccc(OCc3cc(Br)cs3)cc21. The topological polar surface area (TPSA) is 26.3 Å². The Morgan fingerprint density at radius 3 is 2.95 bits per heavy atom. The van der Waals surface area contributed by atoms with E-state index in [4.69, 9.17) is 4.74 Å². The number of ketones is 1. The first-order valence-electron chi connectivity index (χ1n) is 6.24. The van der Waals surface area contributed by atoms with E-state index in [9.17, 15) is 4.79 Å². The summed E-state index contributed by atoms with van der Waals surface area (Å²) in [7, 11) is 0. The minimum atomic E-state index is 0.241. The molecule has 0 aliphatic heterocycles. The molecule has 0 fully saturated rings. The lowest BCUT2D eigenvalue weighted by Crippen LogP contribution is -2.10. The molecule has 0 saturated heterocycles. The van der Waals surface area contributed by atoms with Gasteiger partial charge in [0.25, 0.3) is 0 Å². The molecule has 3 rings (SSSR count). The molecule has 1 aromatic carbocycles. The molecule has 0 amide bonds. The van der Waals surface area contributed by atoms with Crippen LogP contribution in [-0.4, -0.2) is 5.78 Å². The number of hydrogen-bond acceptors (Lipinski definition) is 3. The average molecular weight is 337 g/mol. The molecule has 0 spiro atoms. The molecule has 1 heterocycles. The fourth-order valence-corrected chi connectivity index (χ4v) is 3.64. The Bertz CT molecular complexity index is 618. The lowest BCUT2D eigenvalue weighted by atomic mass is 9.90. The summed E-state index contributed by atoms with van der Waals surface area (Å²) in [4.78, 5) is 13.0. The van der Waals surface area contributed by atoms with Crippen molar-refractivity contribution < 1.29 is 9.53 Å². The van der Waals surface area contributed by atoms with Gasteiger partial charge in [-0.15, -0.1) is 11.3 Å². The van der Waals surface area contributed by atoms with Gasteiger partial charge in [0.15, 0.2) is 5.78 Å². The van der Waals surface area contributed by atoms with Crippen LogP contribution < -0.4 is 4.74 Å². The van der Waals surface area contributed by atoms with Crippen molar-refractivity contribution in [3.8, 4) is 5.75 Å². The van der Waals surface area contributed by atoms with Crippen LogP contribution >= 0.6 is 27.3 Å². The maximum absolute atomic E-state index is 11.9. The van der Waals surface area contributed by atoms with Crippen LogP contribution in [0.5, 0.6) is 5.75 Å². The summed E-state index contributed by atoms with van der Waals surface area (Å²) in [6.45, 7) is 0.545. The smallest absolute Gasteiger partial charge is 0.163 e. The molecule has 2 nitrogen and oxygen atoms in total. The number of hydrogen-bond donors (Lipinski definition) is 0. The Morgan fingerprint density at radius 2 is 2.16 bits per heavy atom. The highest BCUT2D eigenvalue weighted by molar-refractivity contribution is 9.10. The number of benzene rings is 1. The summed E-state index contributed by atoms with van der Waals surface area (Å²) < 4.78 is 6.84. The second-order valence-electron chi connectivity index (χ2n) is 4.62. The molecule has 2 aromatic rings. The van der Waals surface area contributed by atoms with E-state index in [0.29, 0.717) is 13.0 Å². The third-order valence-electron chi connectivity index (χ3n) is 3.23. The summed E-state index contributed by atoms with van der Waals surface area (Å²) in [5.74, 6) is 1.02. The monoisotopic (exact) mass is 336 g/mol. The molecular weight excluding hydrogens is 324 g/mol. The van der Waals surface area contributed by atoms with Crippen molar-refractivity contribution >= 4 is 33.0 Å². The highest BCUT2D eigenvalue weighted by Gasteiger charge is 2.17. The van der Waals surface area contributed by atoms with E-state index in [0.717, 1.165) is 39.1 Å². The van der Waals surface area contributed by atoms with E-state index in [1.165, 1.54) is 0 Å². The van der Waals surface area contributed by atoms with Crippen molar-refractivity contribution in [1.82, 2.24) is 0 Å². The standard InChI is InChI=1S/C15H13BrO2S/c16-11-6-13(19-9-11)8-18-12-5-4-10-2-1-3-15(17)14(10)7-12/h4-7,9H,1-3,8H2. The third-order valence-corrected chi connectivity index (χ3v) is 4.91. The molecule has 1 aliphatic carbocycles. The number of rotatable bonds is 3. The van der Waals surface area contributed by atoms with Crippen molar-refractivity contribution in [1.29, 1.82) is 0 Å². The highest BCUT2D eigenvalue weighted by Crippen LogP contribution is 2.27. The van der Waals surface area contributed by atoms with Gasteiger partial charge in [0.05, 0.1) is 0 Å². The molecule has 4 heteroatoms. The predicted octanol–water partition coefficient (Wildman–Crippen LogP) is 4.61. The first-order valence-corrected chi connectivity index (χ1v) is 7.91. The zero-order valence-electron chi connectivity index (χ0n) is 10.3. The van der Waals surface area contributed by atoms with Gasteiger partial charge in [0.2, 0.25) is 0 Å². The van der Waals surface area contributed by atoms with Crippen LogP contribution in [-0.2, 0) is 13.0 Å². The molecule has 1 aliphatic rings. The van der Waals surface area contributed by atoms with Gasteiger partial charge in [-0.25, -0.2) is 0 Å². The van der Waals surface area contributed by atoms with Gasteiger partial charge in [0.1, 0.15) is 12.4 Å². The van der Waals surface area contributed by atoms with Gasteiger partial charge in [-0.1, -0.05) is 6.07 Å². The zero-order valence-corrected chi connectivity index (χ0v) is 12.7. The number of thiophene rings is 1. The van der Waals surface area contributed by atoms with Crippen molar-refractivity contribution in [2.45, 2.75) is 25.9 Å². The molecule has 0 atom stereocenters. The van der Waals surface area contributed by atoms with E-state index in [2.05, 4.69) is 15.9 Å². The molecule has 0 bridgehead atoms. The first-order chi connectivity index (χ1) is 9.22. The van der Waals surface area contributed by atoms with Crippen LogP contribution in [0.15, 0.2) is 34.1 Å². The minimum absolute atomic E-state index is 0.241. The molecule has 98 valence electrons. The largest absolute Gasteiger partial charge is 0.488 e. The number of aryl methyl sites for hydroxylation is 1. The Balaban J connectivity index is 1.75. The quantitative estimate of drug-likeness (QED) is 0.818. The second kappa shape index (κ2) is 5.47. The highest BCUT2D eigenvalue weighted by atomic mass is 79.9. The predicted molar refractivity (Wildman–Crippen MR) is 80.1 cm³/mol. The third kappa shape index (κ3) is 2.90. The van der Waals surface area contributed by atoms with E-state index in [-0.39, 0.29) is 5.78 Å². The van der Waals surface area contributed by atoms with Crippen LogP contribution in [0.25, 0.3) is 0 Å². The maximum atomic E-state index is 11.9. The second-order valence-corrected chi connectivity index (χ2v) is 6.53. The van der Waals surface area contributed by atoms with Crippen LogP contribution in [0.3, 0.4) is 0 Å². The molecule has 0 N–H and O–H groups in total. The Kier molecular flexibility index (Phi) is 3.71. The number of carbonyl (C=O) groups is 1. The zero-order chi connectivity index (χ0) is 13.2. The molecule has 0 unspecified atom stereocenters.